The monoisotopic (exact) mass is 742 g/mol. The number of methoxy groups -OCH3 is 1. The zero-order chi connectivity index (χ0) is 39.0. The highest BCUT2D eigenvalue weighted by Crippen LogP contribution is 2.33. The molecule has 0 aliphatic carbocycles. The Kier molecular flexibility index (Phi) is 16.2. The summed E-state index contributed by atoms with van der Waals surface area (Å²) in [6, 6.07) is 11.0. The van der Waals surface area contributed by atoms with Crippen LogP contribution in [0.15, 0.2) is 39.9 Å². The van der Waals surface area contributed by atoms with Gasteiger partial charge in [0.05, 0.1) is 17.2 Å². The number of nitrogens with one attached hydrogen (secondary N) is 3. The number of anilines is 4. The molecule has 16 heteroatoms. The summed E-state index contributed by atoms with van der Waals surface area (Å²) in [5.41, 5.74) is 1.16. The first-order valence-electron chi connectivity index (χ1n) is 17.6. The van der Waals surface area contributed by atoms with Gasteiger partial charge in [-0.3, -0.25) is 14.4 Å². The van der Waals surface area contributed by atoms with Crippen LogP contribution in [0.25, 0.3) is 0 Å². The van der Waals surface area contributed by atoms with E-state index in [1.54, 1.807) is 25.3 Å². The number of ether oxygens (including phenoxy) is 1. The van der Waals surface area contributed by atoms with E-state index in [1.807, 2.05) is 48.8 Å². The number of amides is 1. The smallest absolute Gasteiger partial charge is 0.380 e. The number of nitriles is 1. The summed E-state index contributed by atoms with van der Waals surface area (Å²) in [5, 5.41) is 16.9. The van der Waals surface area contributed by atoms with Crippen molar-refractivity contribution in [1.29, 1.82) is 5.26 Å². The summed E-state index contributed by atoms with van der Waals surface area (Å²) < 4.78 is 44.9. The predicted molar refractivity (Wildman–Crippen MR) is 198 cm³/mol. The molecule has 2 aliphatic heterocycles. The number of nitrogens with zero attached hydrogens (tertiary/aromatic N) is 5. The van der Waals surface area contributed by atoms with Gasteiger partial charge in [-0.25, -0.2) is 9.97 Å². The average molecular weight is 743 g/mol. The summed E-state index contributed by atoms with van der Waals surface area (Å²) >= 11 is 0. The van der Waals surface area contributed by atoms with Crippen molar-refractivity contribution in [2.24, 2.45) is 5.92 Å². The van der Waals surface area contributed by atoms with E-state index in [0.29, 0.717) is 75.3 Å². The number of carbonyl (C=O) groups is 2. The highest BCUT2D eigenvalue weighted by molar-refractivity contribution is 5.74. The van der Waals surface area contributed by atoms with E-state index in [2.05, 4.69) is 25.9 Å². The van der Waals surface area contributed by atoms with Crippen LogP contribution in [0.3, 0.4) is 0 Å². The Bertz CT molecular complexity index is 1720. The van der Waals surface area contributed by atoms with Crippen LogP contribution in [0.5, 0.6) is 0 Å². The second-order valence-corrected chi connectivity index (χ2v) is 13.6. The van der Waals surface area contributed by atoms with Crippen LogP contribution in [0.2, 0.25) is 0 Å². The molecule has 2 aromatic carbocycles. The van der Waals surface area contributed by atoms with Gasteiger partial charge in [0.25, 0.3) is 10.9 Å². The van der Waals surface area contributed by atoms with Crippen molar-refractivity contribution in [3.8, 4) is 6.07 Å². The van der Waals surface area contributed by atoms with Crippen LogP contribution in [-0.4, -0.2) is 81.2 Å². The van der Waals surface area contributed by atoms with E-state index in [4.69, 9.17) is 10.00 Å². The maximum Gasteiger partial charge on any atom is 0.451 e. The van der Waals surface area contributed by atoms with Crippen LogP contribution in [-0.2, 0) is 26.9 Å². The fraction of sp³-hybridized carbons (Fsp3) is 0.541. The molecule has 53 heavy (non-hydrogen) atoms. The number of aldehydes is 1. The van der Waals surface area contributed by atoms with Crippen molar-refractivity contribution < 1.29 is 27.5 Å². The lowest BCUT2D eigenvalue weighted by molar-refractivity contribution is -0.144. The fourth-order valence-electron chi connectivity index (χ4n) is 5.28. The Labute approximate surface area is 307 Å². The number of carbonyl (C=O) groups excluding carboxylic acids is 2. The highest BCUT2D eigenvalue weighted by atomic mass is 19.4. The van der Waals surface area contributed by atoms with Crippen molar-refractivity contribution in [2.75, 3.05) is 73.4 Å². The van der Waals surface area contributed by atoms with E-state index in [1.165, 1.54) is 0 Å². The lowest BCUT2D eigenvalue weighted by Gasteiger charge is -2.35. The first-order chi connectivity index (χ1) is 25.2. The molecule has 0 saturated carbocycles. The Hall–Kier alpha value is -5.04. The van der Waals surface area contributed by atoms with Gasteiger partial charge in [0, 0.05) is 65.4 Å². The van der Waals surface area contributed by atoms with Gasteiger partial charge >= 0.3 is 6.18 Å². The van der Waals surface area contributed by atoms with E-state index in [-0.39, 0.29) is 23.4 Å². The molecular formula is C37H49F3N8O5. The summed E-state index contributed by atoms with van der Waals surface area (Å²) in [4.78, 5) is 55.1. The number of piperidine rings is 1. The minimum atomic E-state index is -4.60. The average Bonchev–Trinajstić information content (AvgIpc) is 3.12. The lowest BCUT2D eigenvalue weighted by atomic mass is 9.93. The van der Waals surface area contributed by atoms with Crippen LogP contribution in [0, 0.1) is 17.2 Å². The molecule has 0 bridgehead atoms. The Morgan fingerprint density at radius 3 is 1.91 bits per heavy atom. The third-order valence-corrected chi connectivity index (χ3v) is 8.74. The zero-order valence-corrected chi connectivity index (χ0v) is 30.7. The molecule has 0 spiro atoms. The second kappa shape index (κ2) is 20.3. The van der Waals surface area contributed by atoms with E-state index in [0.717, 1.165) is 44.0 Å². The minimum Gasteiger partial charge on any atom is -0.380 e. The minimum absolute atomic E-state index is 0.0417. The maximum absolute atomic E-state index is 13.3. The topological polar surface area (TPSA) is 170 Å². The van der Waals surface area contributed by atoms with Gasteiger partial charge in [0.2, 0.25) is 12.2 Å². The zero-order valence-electron chi connectivity index (χ0n) is 30.7. The van der Waals surface area contributed by atoms with Crippen molar-refractivity contribution in [3.63, 3.8) is 0 Å². The van der Waals surface area contributed by atoms with Crippen LogP contribution in [0.1, 0.15) is 69.8 Å². The van der Waals surface area contributed by atoms with Crippen molar-refractivity contribution in [1.82, 2.24) is 15.3 Å². The number of alkyl halides is 3. The summed E-state index contributed by atoms with van der Waals surface area (Å²) in [5.74, 6) is -0.153. The third kappa shape index (κ3) is 13.5. The van der Waals surface area contributed by atoms with Gasteiger partial charge in [0.1, 0.15) is 29.3 Å². The largest absolute Gasteiger partial charge is 0.451 e. The fourth-order valence-corrected chi connectivity index (χ4v) is 5.28. The first kappa shape index (κ1) is 42.4. The molecule has 288 valence electrons. The SMILES string of the molecule is COC(C)(C)C.N#Cc1ccc(CCNC=O)cc1.O=CCCNc1c(NCCC2CCN(c3cc(N4CCC4)nc(C(F)(F)F)n3)CC2)c(=O)c1=O. The number of aromatic nitrogens is 2. The van der Waals surface area contributed by atoms with E-state index >= 15 is 0 Å². The number of rotatable bonds is 14. The standard InChI is InChI=1S/C22H27F3N6O3.C10H10N2O.C5H12O/c23-22(24,25)21-28-15(30-8-2-9-30)13-16(29-21)31-10-4-14(5-11-31)3-7-27-18-17(19(33)20(18)34)26-6-1-12-32;11-7-10-3-1-9(2-4-10)5-6-12-8-13;1-5(2,3)6-4/h12-14,26-27H,1-11H2;1-4,8H,5-6H2,(H,12,13);1-4H3. The van der Waals surface area contributed by atoms with Gasteiger partial charge in [-0.05, 0) is 76.5 Å². The van der Waals surface area contributed by atoms with E-state index < -0.39 is 22.9 Å². The van der Waals surface area contributed by atoms with Gasteiger partial charge in [-0.2, -0.15) is 18.4 Å². The van der Waals surface area contributed by atoms with Gasteiger partial charge in [-0.15, -0.1) is 0 Å². The molecule has 2 fully saturated rings. The Balaban J connectivity index is 0.000000327. The summed E-state index contributed by atoms with van der Waals surface area (Å²) in [6.07, 6.45) is 1.11. The molecule has 3 aromatic rings. The number of benzene rings is 1. The molecule has 3 N–H and O–H groups in total. The van der Waals surface area contributed by atoms with Crippen LogP contribution < -0.4 is 36.6 Å². The molecule has 0 radical (unpaired) electrons. The third-order valence-electron chi connectivity index (χ3n) is 8.74. The Morgan fingerprint density at radius 2 is 1.45 bits per heavy atom. The first-order valence-corrected chi connectivity index (χ1v) is 17.6. The molecule has 0 unspecified atom stereocenters. The Morgan fingerprint density at radius 1 is 0.906 bits per heavy atom. The molecule has 0 atom stereocenters. The molecule has 2 saturated heterocycles. The van der Waals surface area contributed by atoms with Crippen LogP contribution in [0.4, 0.5) is 36.2 Å². The van der Waals surface area contributed by atoms with E-state index in [9.17, 15) is 32.3 Å². The molecule has 2 aliphatic rings. The normalized spacial score (nSPS) is 14.5. The second-order valence-electron chi connectivity index (χ2n) is 13.6. The van der Waals surface area contributed by atoms with Gasteiger partial charge in [0.15, 0.2) is 0 Å². The lowest BCUT2D eigenvalue weighted by Crippen LogP contribution is -2.39. The predicted octanol–water partition coefficient (Wildman–Crippen LogP) is 4.30. The van der Waals surface area contributed by atoms with Gasteiger partial charge in [-0.1, -0.05) is 12.1 Å². The molecule has 5 rings (SSSR count). The van der Waals surface area contributed by atoms with Crippen LogP contribution >= 0.6 is 0 Å². The number of hydrogen-bond donors (Lipinski definition) is 3. The van der Waals surface area contributed by atoms with Gasteiger partial charge < -0.3 is 35.3 Å². The highest BCUT2D eigenvalue weighted by Gasteiger charge is 2.37. The quantitative estimate of drug-likeness (QED) is 0.122. The maximum atomic E-state index is 13.3. The van der Waals surface area contributed by atoms with Crippen molar-refractivity contribution in [3.05, 3.63) is 67.7 Å². The molecule has 13 nitrogen and oxygen atoms in total. The molecule has 1 aromatic heterocycles. The summed E-state index contributed by atoms with van der Waals surface area (Å²) in [7, 11) is 1.71. The number of halogens is 3. The molecule has 3 heterocycles. The number of hydrogen-bond acceptors (Lipinski definition) is 12. The molecule has 1 amide bonds. The van der Waals surface area contributed by atoms with Crippen molar-refractivity contribution in [2.45, 2.75) is 71.1 Å². The molecular weight excluding hydrogens is 693 g/mol. The summed E-state index contributed by atoms with van der Waals surface area (Å²) in [6.45, 7) is 10.0. The van der Waals surface area contributed by atoms with Crippen molar-refractivity contribution >= 4 is 35.7 Å².